The number of anilines is 2. The summed E-state index contributed by atoms with van der Waals surface area (Å²) in [4.78, 5) is 42.9. The number of amides is 1. The molecule has 9 nitrogen and oxygen atoms in total. The van der Waals surface area contributed by atoms with Crippen molar-refractivity contribution in [2.45, 2.75) is 0 Å². The molecule has 0 aromatic carbocycles. The van der Waals surface area contributed by atoms with Crippen molar-refractivity contribution in [3.8, 4) is 0 Å². The van der Waals surface area contributed by atoms with Crippen LogP contribution in [0.2, 0.25) is 0 Å². The van der Waals surface area contributed by atoms with Gasteiger partial charge in [0.05, 0.1) is 19.0 Å². The number of hydrogen-bond acceptors (Lipinski definition) is 8. The highest BCUT2D eigenvalue weighted by atomic mass is 16.5. The Morgan fingerprint density at radius 3 is 2.52 bits per heavy atom. The number of carbonyl (C=O) groups is 3. The average Bonchev–Trinajstić information content (AvgIpc) is 2.65. The summed E-state index contributed by atoms with van der Waals surface area (Å²) in [6.45, 7) is -0.515. The van der Waals surface area contributed by atoms with Gasteiger partial charge in [-0.05, 0) is 24.3 Å². The molecule has 130 valence electrons. The van der Waals surface area contributed by atoms with Crippen LogP contribution in [0.4, 0.5) is 11.5 Å². The number of aromatic nitrogens is 2. The quantitative estimate of drug-likeness (QED) is 0.748. The molecule has 0 fully saturated rings. The molecule has 9 heteroatoms. The van der Waals surface area contributed by atoms with Crippen molar-refractivity contribution >= 4 is 29.4 Å². The van der Waals surface area contributed by atoms with Crippen LogP contribution in [-0.4, -0.2) is 48.6 Å². The number of hydrogen-bond donors (Lipinski definition) is 2. The highest BCUT2D eigenvalue weighted by Crippen LogP contribution is 2.07. The van der Waals surface area contributed by atoms with E-state index in [9.17, 15) is 14.4 Å². The number of pyridine rings is 2. The summed E-state index contributed by atoms with van der Waals surface area (Å²) in [5.41, 5.74) is 0.870. The van der Waals surface area contributed by atoms with Gasteiger partial charge in [0.15, 0.2) is 12.3 Å². The van der Waals surface area contributed by atoms with Crippen molar-refractivity contribution < 1.29 is 23.9 Å². The van der Waals surface area contributed by atoms with Crippen LogP contribution in [0.3, 0.4) is 0 Å². The zero-order chi connectivity index (χ0) is 18.2. The summed E-state index contributed by atoms with van der Waals surface area (Å²) in [5, 5.41) is 5.29. The Hall–Kier alpha value is -3.49. The van der Waals surface area contributed by atoms with Gasteiger partial charge in [0.1, 0.15) is 11.5 Å². The van der Waals surface area contributed by atoms with E-state index in [4.69, 9.17) is 4.74 Å². The second-order valence-electron chi connectivity index (χ2n) is 4.71. The normalized spacial score (nSPS) is 9.84. The molecule has 0 saturated carbocycles. The first-order valence-electron chi connectivity index (χ1n) is 7.19. The molecule has 0 radical (unpaired) electrons. The van der Waals surface area contributed by atoms with Crippen LogP contribution in [0.1, 0.15) is 21.0 Å². The molecule has 0 aliphatic rings. The summed E-state index contributed by atoms with van der Waals surface area (Å²) >= 11 is 0. The third-order valence-electron chi connectivity index (χ3n) is 3.01. The second-order valence-corrected chi connectivity index (χ2v) is 4.71. The van der Waals surface area contributed by atoms with E-state index in [0.717, 1.165) is 5.69 Å². The Labute approximate surface area is 143 Å². The van der Waals surface area contributed by atoms with Crippen LogP contribution < -0.4 is 10.6 Å². The van der Waals surface area contributed by atoms with Crippen LogP contribution in [0, 0.1) is 0 Å². The molecule has 2 rings (SSSR count). The number of methoxy groups -OCH3 is 1. The monoisotopic (exact) mass is 344 g/mol. The molecule has 1 amide bonds. The van der Waals surface area contributed by atoms with Crippen molar-refractivity contribution in [2.24, 2.45) is 0 Å². The van der Waals surface area contributed by atoms with Crippen LogP contribution in [0.15, 0.2) is 36.5 Å². The van der Waals surface area contributed by atoms with E-state index in [1.165, 1.54) is 37.6 Å². The predicted octanol–water partition coefficient (Wildman–Crippen LogP) is 1.10. The van der Waals surface area contributed by atoms with E-state index in [1.807, 2.05) is 0 Å². The van der Waals surface area contributed by atoms with Gasteiger partial charge in [-0.1, -0.05) is 6.07 Å². The molecule has 2 heterocycles. The van der Waals surface area contributed by atoms with Crippen LogP contribution in [0.25, 0.3) is 0 Å². The van der Waals surface area contributed by atoms with E-state index >= 15 is 0 Å². The fourth-order valence-corrected chi connectivity index (χ4v) is 1.77. The lowest BCUT2D eigenvalue weighted by Crippen LogP contribution is -2.22. The summed E-state index contributed by atoms with van der Waals surface area (Å²) < 4.78 is 9.43. The van der Waals surface area contributed by atoms with Gasteiger partial charge >= 0.3 is 11.9 Å². The maximum absolute atomic E-state index is 11.8. The summed E-state index contributed by atoms with van der Waals surface area (Å²) in [6, 6.07) is 7.61. The number of nitrogens with zero attached hydrogens (tertiary/aromatic N) is 2. The molecule has 0 spiro atoms. The Balaban J connectivity index is 1.89. The third-order valence-corrected chi connectivity index (χ3v) is 3.01. The van der Waals surface area contributed by atoms with Crippen molar-refractivity contribution in [1.29, 1.82) is 0 Å². The Morgan fingerprint density at radius 1 is 1.08 bits per heavy atom. The third kappa shape index (κ3) is 4.99. The number of rotatable bonds is 6. The molecule has 2 aromatic heterocycles. The van der Waals surface area contributed by atoms with Gasteiger partial charge in [-0.25, -0.2) is 19.6 Å². The molecule has 2 aromatic rings. The number of esters is 2. The fraction of sp³-hybridized carbons (Fsp3) is 0.188. The van der Waals surface area contributed by atoms with Gasteiger partial charge in [0, 0.05) is 7.05 Å². The zero-order valence-electron chi connectivity index (χ0n) is 13.6. The highest BCUT2D eigenvalue weighted by molar-refractivity contribution is 5.95. The maximum Gasteiger partial charge on any atom is 0.357 e. The van der Waals surface area contributed by atoms with Crippen LogP contribution in [-0.2, 0) is 14.3 Å². The van der Waals surface area contributed by atoms with Gasteiger partial charge < -0.3 is 20.1 Å². The number of carbonyl (C=O) groups excluding carboxylic acids is 3. The molecule has 0 bridgehead atoms. The molecule has 0 saturated heterocycles. The summed E-state index contributed by atoms with van der Waals surface area (Å²) in [7, 11) is 2.95. The van der Waals surface area contributed by atoms with E-state index in [-0.39, 0.29) is 17.2 Å². The van der Waals surface area contributed by atoms with Gasteiger partial charge in [0.2, 0.25) is 0 Å². The maximum atomic E-state index is 11.8. The lowest BCUT2D eigenvalue weighted by molar-refractivity contribution is -0.119. The molecule has 0 unspecified atom stereocenters. The van der Waals surface area contributed by atoms with Gasteiger partial charge in [-0.3, -0.25) is 4.79 Å². The SMILES string of the molecule is CNc1ccc(C(=O)OCC(=O)Nc2cccc(C(=O)OC)n2)nc1. The average molecular weight is 344 g/mol. The minimum absolute atomic E-state index is 0.0473. The largest absolute Gasteiger partial charge is 0.464 e. The number of nitrogens with one attached hydrogen (secondary N) is 2. The highest BCUT2D eigenvalue weighted by Gasteiger charge is 2.13. The predicted molar refractivity (Wildman–Crippen MR) is 88.3 cm³/mol. The van der Waals surface area contributed by atoms with E-state index in [1.54, 1.807) is 13.1 Å². The lowest BCUT2D eigenvalue weighted by Gasteiger charge is -2.07. The fourth-order valence-electron chi connectivity index (χ4n) is 1.77. The van der Waals surface area contributed by atoms with Crippen molar-refractivity contribution in [3.05, 3.63) is 47.9 Å². The summed E-state index contributed by atoms with van der Waals surface area (Å²) in [6.07, 6.45) is 1.47. The topological polar surface area (TPSA) is 120 Å². The smallest absolute Gasteiger partial charge is 0.357 e. The van der Waals surface area contributed by atoms with Crippen LogP contribution in [0.5, 0.6) is 0 Å². The number of ether oxygens (including phenoxy) is 2. The van der Waals surface area contributed by atoms with Gasteiger partial charge in [-0.2, -0.15) is 0 Å². The second kappa shape index (κ2) is 8.39. The molecule has 0 atom stereocenters. The van der Waals surface area contributed by atoms with Crippen LogP contribution >= 0.6 is 0 Å². The molecular formula is C16H16N4O5. The zero-order valence-corrected chi connectivity index (χ0v) is 13.6. The minimum atomic E-state index is -0.728. The van der Waals surface area contributed by atoms with Gasteiger partial charge in [-0.15, -0.1) is 0 Å². The molecule has 25 heavy (non-hydrogen) atoms. The van der Waals surface area contributed by atoms with Crippen molar-refractivity contribution in [2.75, 3.05) is 31.4 Å². The molecular weight excluding hydrogens is 328 g/mol. The first-order valence-corrected chi connectivity index (χ1v) is 7.19. The van der Waals surface area contributed by atoms with Crippen molar-refractivity contribution in [3.63, 3.8) is 0 Å². The van der Waals surface area contributed by atoms with E-state index in [0.29, 0.717) is 0 Å². The van der Waals surface area contributed by atoms with E-state index < -0.39 is 24.5 Å². The Bertz CT molecular complexity index is 776. The van der Waals surface area contributed by atoms with Gasteiger partial charge in [0.25, 0.3) is 5.91 Å². The molecule has 0 aliphatic heterocycles. The first kappa shape index (κ1) is 17.9. The minimum Gasteiger partial charge on any atom is -0.464 e. The Morgan fingerprint density at radius 2 is 1.88 bits per heavy atom. The summed E-state index contributed by atoms with van der Waals surface area (Å²) in [5.74, 6) is -1.82. The van der Waals surface area contributed by atoms with E-state index in [2.05, 4.69) is 25.3 Å². The Kier molecular flexibility index (Phi) is 5.99. The first-order chi connectivity index (χ1) is 12.0. The molecule has 0 aliphatic carbocycles. The van der Waals surface area contributed by atoms with Crippen molar-refractivity contribution in [1.82, 2.24) is 9.97 Å². The molecule has 2 N–H and O–H groups in total. The lowest BCUT2D eigenvalue weighted by atomic mass is 10.3. The standard InChI is InChI=1S/C16H16N4O5/c1-17-10-6-7-11(18-8-10)16(23)25-9-14(21)20-13-5-3-4-12(19-13)15(22)24-2/h3-8,17H,9H2,1-2H3,(H,19,20,21).